The topological polar surface area (TPSA) is 80.9 Å². The van der Waals surface area contributed by atoms with Gasteiger partial charge in [-0.25, -0.2) is 0 Å². The third kappa shape index (κ3) is 15.5. The Morgan fingerprint density at radius 1 is 0.559 bits per heavy atom. The third-order valence-corrected chi connectivity index (χ3v) is 8.49. The highest BCUT2D eigenvalue weighted by Gasteiger charge is 1.96. The van der Waals surface area contributed by atoms with Crippen LogP contribution < -0.4 is 0 Å². The highest BCUT2D eigenvalue weighted by molar-refractivity contribution is 9.13. The molecular weight excluding hydrogens is 688 g/mol. The first-order valence-corrected chi connectivity index (χ1v) is 14.1. The van der Waals surface area contributed by atoms with Gasteiger partial charge in [0.05, 0.1) is 11.1 Å². The maximum absolute atomic E-state index is 8.49. The van der Waals surface area contributed by atoms with E-state index in [1.54, 1.807) is 22.7 Å². The molecule has 0 saturated heterocycles. The Labute approximate surface area is 237 Å². The summed E-state index contributed by atoms with van der Waals surface area (Å²) in [6, 6.07) is 0. The minimum atomic E-state index is -0.153. The zero-order valence-corrected chi connectivity index (χ0v) is 24.7. The number of aliphatic hydroxyl groups is 4. The summed E-state index contributed by atoms with van der Waals surface area (Å²) in [5.74, 6) is 18.0. The molecule has 0 aliphatic carbocycles. The maximum atomic E-state index is 8.49. The molecule has 3 heterocycles. The van der Waals surface area contributed by atoms with Gasteiger partial charge in [-0.1, -0.05) is 41.4 Å². The number of thiophene rings is 3. The summed E-state index contributed by atoms with van der Waals surface area (Å²) < 4.78 is 3.27. The van der Waals surface area contributed by atoms with Crippen molar-refractivity contribution >= 4 is 81.8 Å². The first-order chi connectivity index (χ1) is 16.4. The smallest absolute Gasteiger partial charge is 0.104 e. The van der Waals surface area contributed by atoms with Gasteiger partial charge in [-0.15, -0.1) is 29.1 Å². The minimum absolute atomic E-state index is 0.0811. The molecule has 0 spiro atoms. The van der Waals surface area contributed by atoms with E-state index in [2.05, 4.69) is 89.7 Å². The van der Waals surface area contributed by atoms with Gasteiger partial charge < -0.3 is 20.4 Å². The molecule has 4 N–H and O–H groups in total. The van der Waals surface area contributed by atoms with Crippen molar-refractivity contribution in [1.82, 2.24) is 0 Å². The molecule has 34 heavy (non-hydrogen) atoms. The second-order valence-corrected chi connectivity index (χ2v) is 9.94. The molecule has 3 aromatic rings. The van der Waals surface area contributed by atoms with Gasteiger partial charge in [-0.2, -0.15) is 11.3 Å². The van der Waals surface area contributed by atoms with Crippen LogP contribution in [0.15, 0.2) is 45.7 Å². The monoisotopic (exact) mass is 704 g/mol. The molecule has 0 amide bonds. The van der Waals surface area contributed by atoms with Crippen LogP contribution in [0.4, 0.5) is 0 Å². The van der Waals surface area contributed by atoms with Gasteiger partial charge in [0.2, 0.25) is 0 Å². The van der Waals surface area contributed by atoms with Crippen molar-refractivity contribution in [3.63, 3.8) is 0 Å². The van der Waals surface area contributed by atoms with E-state index in [1.165, 1.54) is 11.3 Å². The van der Waals surface area contributed by atoms with E-state index in [1.807, 2.05) is 38.2 Å². The zero-order valence-electron chi connectivity index (χ0n) is 17.5. The van der Waals surface area contributed by atoms with Gasteiger partial charge in [0, 0.05) is 51.3 Å². The molecule has 4 nitrogen and oxygen atoms in total. The standard InChI is InChI=1S/C10H8O2S.C7H5BrOS.C4H2Br2S.C3H4O/c11-5-1-3-9-7-13-8-10(9)4-2-6-12;8-7-5-10-4-6(7)2-1-3-9;5-3-1-7-2-4(3)6;1-2-3-4/h7-8,11-12H,5-6H2;4-5,9H,3H2;1-2H;1,4H,3H2. The van der Waals surface area contributed by atoms with E-state index >= 15 is 0 Å². The Balaban J connectivity index is 0.000000460. The summed E-state index contributed by atoms with van der Waals surface area (Å²) in [5.41, 5.74) is 2.55. The highest BCUT2D eigenvalue weighted by atomic mass is 79.9. The first-order valence-electron chi connectivity index (χ1n) is 8.93. The third-order valence-electron chi connectivity index (χ3n) is 2.85. The lowest BCUT2D eigenvalue weighted by atomic mass is 10.2. The molecule has 3 aromatic heterocycles. The number of halogens is 3. The second kappa shape index (κ2) is 22.1. The Morgan fingerprint density at radius 3 is 1.18 bits per heavy atom. The molecule has 3 rings (SSSR count). The Morgan fingerprint density at radius 2 is 0.882 bits per heavy atom. The fraction of sp³-hybridized carbons (Fsp3) is 0.167. The molecule has 0 radical (unpaired) electrons. The van der Waals surface area contributed by atoms with Gasteiger partial charge in [-0.05, 0) is 47.8 Å². The van der Waals surface area contributed by atoms with Gasteiger partial charge in [-0.3, -0.25) is 0 Å². The lowest BCUT2D eigenvalue weighted by Gasteiger charge is -1.83. The van der Waals surface area contributed by atoms with Crippen molar-refractivity contribution < 1.29 is 20.4 Å². The number of hydrogen-bond acceptors (Lipinski definition) is 7. The number of hydrogen-bond donors (Lipinski definition) is 4. The Kier molecular flexibility index (Phi) is 21.2. The molecule has 0 aliphatic rings. The van der Waals surface area contributed by atoms with Gasteiger partial charge >= 0.3 is 0 Å². The molecule has 0 aliphatic heterocycles. The molecule has 0 fully saturated rings. The summed E-state index contributed by atoms with van der Waals surface area (Å²) >= 11 is 14.7. The van der Waals surface area contributed by atoms with Crippen LogP contribution in [-0.4, -0.2) is 46.9 Å². The lowest BCUT2D eigenvalue weighted by Crippen LogP contribution is -1.79. The van der Waals surface area contributed by atoms with Crippen LogP contribution >= 0.6 is 81.8 Å². The molecule has 178 valence electrons. The van der Waals surface area contributed by atoms with Crippen molar-refractivity contribution in [2.45, 2.75) is 0 Å². The van der Waals surface area contributed by atoms with Crippen LogP contribution in [0.1, 0.15) is 16.7 Å². The summed E-state index contributed by atoms with van der Waals surface area (Å²) in [6.07, 6.45) is 4.53. The van der Waals surface area contributed by atoms with Crippen LogP contribution in [0.25, 0.3) is 0 Å². The summed E-state index contributed by atoms with van der Waals surface area (Å²) in [4.78, 5) is 0. The van der Waals surface area contributed by atoms with Crippen LogP contribution in [0.2, 0.25) is 0 Å². The largest absolute Gasteiger partial charge is 0.384 e. The fourth-order valence-corrected chi connectivity index (χ4v) is 5.31. The normalized spacial score (nSPS) is 8.18. The first kappa shape index (κ1) is 32.6. The van der Waals surface area contributed by atoms with E-state index in [0.29, 0.717) is 0 Å². The quantitative estimate of drug-likeness (QED) is 0.243. The molecule has 0 aromatic carbocycles. The van der Waals surface area contributed by atoms with Crippen LogP contribution in [0, 0.1) is 47.9 Å². The maximum Gasteiger partial charge on any atom is 0.104 e. The van der Waals surface area contributed by atoms with Crippen molar-refractivity contribution in [3.8, 4) is 47.9 Å². The average Bonchev–Trinajstić information content (AvgIpc) is 3.58. The molecule has 0 unspecified atom stereocenters. The average molecular weight is 707 g/mol. The predicted molar refractivity (Wildman–Crippen MR) is 154 cm³/mol. The Bertz CT molecular complexity index is 1140. The number of aliphatic hydroxyl groups excluding tert-OH is 4. The van der Waals surface area contributed by atoms with Crippen molar-refractivity contribution in [2.24, 2.45) is 0 Å². The van der Waals surface area contributed by atoms with Crippen molar-refractivity contribution in [1.29, 1.82) is 0 Å². The molecule has 0 atom stereocenters. The predicted octanol–water partition coefficient (Wildman–Crippen LogP) is 5.18. The minimum Gasteiger partial charge on any atom is -0.384 e. The summed E-state index contributed by atoms with van der Waals surface area (Å²) in [6.45, 7) is -0.534. The second-order valence-electron chi connectivity index (χ2n) is 5.14. The van der Waals surface area contributed by atoms with Crippen LogP contribution in [-0.2, 0) is 0 Å². The van der Waals surface area contributed by atoms with Crippen molar-refractivity contribution in [2.75, 3.05) is 26.4 Å². The van der Waals surface area contributed by atoms with Gasteiger partial charge in [0.25, 0.3) is 0 Å². The van der Waals surface area contributed by atoms with E-state index in [4.69, 9.17) is 20.4 Å². The highest BCUT2D eigenvalue weighted by Crippen LogP contribution is 2.26. The lowest BCUT2D eigenvalue weighted by molar-refractivity contribution is 0.350. The fourth-order valence-electron chi connectivity index (χ4n) is 1.53. The van der Waals surface area contributed by atoms with E-state index < -0.39 is 0 Å². The summed E-state index contributed by atoms with van der Waals surface area (Å²) in [5, 5.41) is 44.7. The van der Waals surface area contributed by atoms with E-state index in [9.17, 15) is 0 Å². The van der Waals surface area contributed by atoms with E-state index in [-0.39, 0.29) is 26.4 Å². The zero-order chi connectivity index (χ0) is 25.6. The van der Waals surface area contributed by atoms with E-state index in [0.717, 1.165) is 30.1 Å². The van der Waals surface area contributed by atoms with Gasteiger partial charge in [0.1, 0.15) is 26.4 Å². The summed E-state index contributed by atoms with van der Waals surface area (Å²) in [7, 11) is 0. The number of rotatable bonds is 0. The molecule has 0 bridgehead atoms. The van der Waals surface area contributed by atoms with Gasteiger partial charge in [0.15, 0.2) is 0 Å². The SMILES string of the molecule is Brc1cscc1Br.C#CCO.OCC#Cc1cscc1Br.OCC#Cc1cscc1C#CCO. The molecular formula is C24H19Br3O4S3. The van der Waals surface area contributed by atoms with Crippen molar-refractivity contribution in [3.05, 3.63) is 62.4 Å². The molecule has 10 heteroatoms. The Hall–Kier alpha value is -1.38. The van der Waals surface area contributed by atoms with Crippen LogP contribution in [0.5, 0.6) is 0 Å². The van der Waals surface area contributed by atoms with Crippen LogP contribution in [0.3, 0.4) is 0 Å². The number of terminal acetylenes is 1. The molecule has 0 saturated carbocycles.